The Kier molecular flexibility index (Phi) is 2.42. The summed E-state index contributed by atoms with van der Waals surface area (Å²) in [7, 11) is 0. The third-order valence-electron chi connectivity index (χ3n) is 2.09. The lowest BCUT2D eigenvalue weighted by Crippen LogP contribution is -2.27. The molecule has 0 saturated carbocycles. The van der Waals surface area contributed by atoms with Gasteiger partial charge >= 0.3 is 0 Å². The Balaban J connectivity index is 2.33. The molecule has 1 aromatic carbocycles. The molecule has 0 amide bonds. The van der Waals surface area contributed by atoms with Gasteiger partial charge in [0.1, 0.15) is 11.7 Å². The largest absolute Gasteiger partial charge is 0.366 e. The summed E-state index contributed by atoms with van der Waals surface area (Å²) in [5.74, 6) is 0.424. The summed E-state index contributed by atoms with van der Waals surface area (Å²) in [6.07, 6.45) is 0. The maximum Gasteiger partial charge on any atom is 0.130 e. The molecule has 2 rings (SSSR count). The summed E-state index contributed by atoms with van der Waals surface area (Å²) < 4.78 is 12.8. The minimum Gasteiger partial charge on any atom is -0.366 e. The van der Waals surface area contributed by atoms with Crippen LogP contribution in [-0.4, -0.2) is 18.4 Å². The fraction of sp³-hybridized carbons (Fsp3) is 0.300. The Morgan fingerprint density at radius 1 is 1.57 bits per heavy atom. The third-order valence-corrected chi connectivity index (χ3v) is 2.41. The number of benzene rings is 1. The molecule has 0 spiro atoms. The van der Waals surface area contributed by atoms with Gasteiger partial charge in [-0.05, 0) is 25.1 Å². The van der Waals surface area contributed by atoms with Gasteiger partial charge in [0, 0.05) is 11.6 Å². The fourth-order valence-corrected chi connectivity index (χ4v) is 1.65. The topological polar surface area (TPSA) is 24.4 Å². The highest BCUT2D eigenvalue weighted by Crippen LogP contribution is 2.18. The van der Waals surface area contributed by atoms with Crippen LogP contribution in [0.5, 0.6) is 0 Å². The van der Waals surface area contributed by atoms with Crippen LogP contribution in [0.2, 0.25) is 5.02 Å². The number of halogens is 2. The van der Waals surface area contributed by atoms with Gasteiger partial charge in [-0.15, -0.1) is 0 Å². The summed E-state index contributed by atoms with van der Waals surface area (Å²) in [4.78, 5) is 4.28. The zero-order valence-corrected chi connectivity index (χ0v) is 8.48. The SMILES string of the molecule is CC1CN=C(c2ccc(F)cc2Cl)N1. The van der Waals surface area contributed by atoms with Crippen LogP contribution in [0.3, 0.4) is 0 Å². The monoisotopic (exact) mass is 212 g/mol. The zero-order chi connectivity index (χ0) is 10.1. The molecule has 0 radical (unpaired) electrons. The number of rotatable bonds is 1. The van der Waals surface area contributed by atoms with Crippen LogP contribution in [0.1, 0.15) is 12.5 Å². The molecule has 1 atom stereocenters. The van der Waals surface area contributed by atoms with Gasteiger partial charge in [0.15, 0.2) is 0 Å². The summed E-state index contributed by atoms with van der Waals surface area (Å²) in [6.45, 7) is 2.77. The Hall–Kier alpha value is -1.09. The van der Waals surface area contributed by atoms with E-state index in [4.69, 9.17) is 11.6 Å². The average Bonchev–Trinajstić information content (AvgIpc) is 2.51. The van der Waals surface area contributed by atoms with Crippen LogP contribution in [-0.2, 0) is 0 Å². The van der Waals surface area contributed by atoms with Crippen molar-refractivity contribution in [3.05, 3.63) is 34.6 Å². The molecule has 0 aromatic heterocycles. The molecule has 0 fully saturated rings. The predicted molar refractivity (Wildman–Crippen MR) is 55.4 cm³/mol. The standard InChI is InChI=1S/C10H10ClFN2/c1-6-5-13-10(14-6)8-3-2-7(12)4-9(8)11/h2-4,6H,5H2,1H3,(H,13,14). The molecule has 4 heteroatoms. The third kappa shape index (κ3) is 1.73. The lowest BCUT2D eigenvalue weighted by molar-refractivity contribution is 0.628. The van der Waals surface area contributed by atoms with Gasteiger partial charge in [0.25, 0.3) is 0 Å². The van der Waals surface area contributed by atoms with Crippen molar-refractivity contribution in [1.29, 1.82) is 0 Å². The lowest BCUT2D eigenvalue weighted by Gasteiger charge is -2.07. The van der Waals surface area contributed by atoms with Gasteiger partial charge in [-0.3, -0.25) is 4.99 Å². The fourth-order valence-electron chi connectivity index (χ4n) is 1.40. The number of nitrogens with one attached hydrogen (secondary N) is 1. The minimum absolute atomic E-state index is 0.325. The Morgan fingerprint density at radius 3 is 2.93 bits per heavy atom. The first-order chi connectivity index (χ1) is 6.66. The molecule has 2 nitrogen and oxygen atoms in total. The number of hydrogen-bond donors (Lipinski definition) is 1. The molecular formula is C10H10ClFN2. The first-order valence-corrected chi connectivity index (χ1v) is 4.81. The Bertz CT molecular complexity index is 390. The molecule has 1 heterocycles. The van der Waals surface area contributed by atoms with E-state index in [9.17, 15) is 4.39 Å². The van der Waals surface area contributed by atoms with Crippen molar-refractivity contribution in [3.63, 3.8) is 0 Å². The molecule has 1 aromatic rings. The van der Waals surface area contributed by atoms with Gasteiger partial charge in [-0.1, -0.05) is 11.6 Å². The van der Waals surface area contributed by atoms with E-state index in [1.165, 1.54) is 12.1 Å². The Labute approximate surface area is 86.8 Å². The Morgan fingerprint density at radius 2 is 2.36 bits per heavy atom. The number of amidine groups is 1. The van der Waals surface area contributed by atoms with Crippen LogP contribution in [0.25, 0.3) is 0 Å². The van der Waals surface area contributed by atoms with Crippen molar-refractivity contribution in [2.24, 2.45) is 4.99 Å². The number of hydrogen-bond acceptors (Lipinski definition) is 2. The van der Waals surface area contributed by atoms with E-state index in [0.29, 0.717) is 11.1 Å². The van der Waals surface area contributed by atoms with Crippen molar-refractivity contribution in [1.82, 2.24) is 5.32 Å². The molecule has 0 saturated heterocycles. The average molecular weight is 213 g/mol. The van der Waals surface area contributed by atoms with Crippen molar-refractivity contribution in [3.8, 4) is 0 Å². The first-order valence-electron chi connectivity index (χ1n) is 4.43. The van der Waals surface area contributed by atoms with Gasteiger partial charge in [0.2, 0.25) is 0 Å². The highest BCUT2D eigenvalue weighted by atomic mass is 35.5. The maximum absolute atomic E-state index is 12.8. The van der Waals surface area contributed by atoms with Crippen molar-refractivity contribution in [2.45, 2.75) is 13.0 Å². The first kappa shape index (κ1) is 9.46. The molecule has 1 N–H and O–H groups in total. The smallest absolute Gasteiger partial charge is 0.130 e. The van der Waals surface area contributed by atoms with Gasteiger partial charge < -0.3 is 5.32 Å². The molecule has 0 aliphatic carbocycles. The zero-order valence-electron chi connectivity index (χ0n) is 7.72. The molecule has 1 aliphatic rings. The van der Waals surface area contributed by atoms with E-state index < -0.39 is 0 Å². The second-order valence-corrected chi connectivity index (χ2v) is 3.77. The van der Waals surface area contributed by atoms with Crippen LogP contribution in [0.4, 0.5) is 4.39 Å². The van der Waals surface area contributed by atoms with E-state index in [0.717, 1.165) is 17.9 Å². The lowest BCUT2D eigenvalue weighted by atomic mass is 10.2. The highest BCUT2D eigenvalue weighted by molar-refractivity contribution is 6.34. The summed E-state index contributed by atoms with van der Waals surface area (Å²) in [6, 6.07) is 4.64. The summed E-state index contributed by atoms with van der Waals surface area (Å²) in [5.41, 5.74) is 0.761. The van der Waals surface area contributed by atoms with Crippen LogP contribution in [0, 0.1) is 5.82 Å². The number of nitrogens with zero attached hydrogens (tertiary/aromatic N) is 1. The van der Waals surface area contributed by atoms with Crippen LogP contribution < -0.4 is 5.32 Å². The van der Waals surface area contributed by atoms with Crippen LogP contribution in [0.15, 0.2) is 23.2 Å². The van der Waals surface area contributed by atoms with Crippen molar-refractivity contribution in [2.75, 3.05) is 6.54 Å². The second kappa shape index (κ2) is 3.58. The van der Waals surface area contributed by atoms with Crippen molar-refractivity contribution >= 4 is 17.4 Å². The molecule has 0 bridgehead atoms. The normalized spacial score (nSPS) is 20.5. The molecule has 74 valence electrons. The minimum atomic E-state index is -0.328. The van der Waals surface area contributed by atoms with Crippen LogP contribution >= 0.6 is 11.6 Å². The molecule has 1 aliphatic heterocycles. The van der Waals surface area contributed by atoms with Gasteiger partial charge in [-0.2, -0.15) is 0 Å². The van der Waals surface area contributed by atoms with E-state index in [1.807, 2.05) is 6.92 Å². The van der Waals surface area contributed by atoms with Gasteiger partial charge in [-0.25, -0.2) is 4.39 Å². The quantitative estimate of drug-likeness (QED) is 0.759. The van der Waals surface area contributed by atoms with E-state index in [2.05, 4.69) is 10.3 Å². The van der Waals surface area contributed by atoms with E-state index >= 15 is 0 Å². The second-order valence-electron chi connectivity index (χ2n) is 3.36. The molecule has 1 unspecified atom stereocenters. The van der Waals surface area contributed by atoms with Gasteiger partial charge in [0.05, 0.1) is 11.6 Å². The number of aliphatic imine (C=N–C) groups is 1. The van der Waals surface area contributed by atoms with E-state index in [1.54, 1.807) is 6.07 Å². The maximum atomic E-state index is 12.8. The van der Waals surface area contributed by atoms with E-state index in [-0.39, 0.29) is 5.82 Å². The molecular weight excluding hydrogens is 203 g/mol. The predicted octanol–water partition coefficient (Wildman–Crippen LogP) is 2.22. The summed E-state index contributed by atoms with van der Waals surface area (Å²) >= 11 is 5.90. The highest BCUT2D eigenvalue weighted by Gasteiger charge is 2.16. The molecule has 14 heavy (non-hydrogen) atoms. The van der Waals surface area contributed by atoms with Crippen molar-refractivity contribution < 1.29 is 4.39 Å². The summed E-state index contributed by atoms with van der Waals surface area (Å²) in [5, 5.41) is 3.57.